The summed E-state index contributed by atoms with van der Waals surface area (Å²) in [5.74, 6) is 0.124. The van der Waals surface area contributed by atoms with E-state index in [1.165, 1.54) is 10.9 Å². The van der Waals surface area contributed by atoms with Crippen molar-refractivity contribution in [2.45, 2.75) is 58.2 Å². The van der Waals surface area contributed by atoms with Gasteiger partial charge in [0, 0.05) is 6.20 Å². The Kier molecular flexibility index (Phi) is 6.42. The number of hydrogen-bond donors (Lipinski definition) is 1. The molecule has 0 saturated heterocycles. The number of anilines is 1. The molecule has 1 N–H and O–H groups in total. The third-order valence-corrected chi connectivity index (χ3v) is 5.55. The Balaban J connectivity index is 1.78. The van der Waals surface area contributed by atoms with Gasteiger partial charge >= 0.3 is 6.18 Å². The van der Waals surface area contributed by atoms with Crippen LogP contribution in [0, 0.1) is 11.8 Å². The van der Waals surface area contributed by atoms with Gasteiger partial charge in [0.15, 0.2) is 5.69 Å². The van der Waals surface area contributed by atoms with Crippen LogP contribution in [-0.2, 0) is 6.18 Å². The third-order valence-electron chi connectivity index (χ3n) is 5.55. The molecule has 0 aliphatic heterocycles. The minimum absolute atomic E-state index is 0.0603. The van der Waals surface area contributed by atoms with E-state index in [9.17, 15) is 26.7 Å². The molecule has 3 rings (SSSR count). The van der Waals surface area contributed by atoms with Crippen LogP contribution in [0.3, 0.4) is 0 Å². The SMILES string of the molecule is CC(C)[C@H]1CC[C@@H](n2cc(NC(=O)c3cccc(C(F)(F)F)n3)c(C(F)F)n2)CC1. The van der Waals surface area contributed by atoms with E-state index in [1.54, 1.807) is 0 Å². The monoisotopic (exact) mass is 430 g/mol. The zero-order chi connectivity index (χ0) is 22.1. The molecule has 1 fully saturated rings. The molecule has 30 heavy (non-hydrogen) atoms. The van der Waals surface area contributed by atoms with Gasteiger partial charge in [0.25, 0.3) is 12.3 Å². The molecule has 10 heteroatoms. The number of nitrogens with zero attached hydrogens (tertiary/aromatic N) is 3. The zero-order valence-electron chi connectivity index (χ0n) is 16.6. The van der Waals surface area contributed by atoms with Crippen molar-refractivity contribution >= 4 is 11.6 Å². The molecule has 0 radical (unpaired) electrons. The Labute approximate surface area is 170 Å². The maximum absolute atomic E-state index is 13.5. The Morgan fingerprint density at radius 1 is 1.17 bits per heavy atom. The van der Waals surface area contributed by atoms with Crippen molar-refractivity contribution in [2.75, 3.05) is 5.32 Å². The number of halogens is 5. The molecular weight excluding hydrogens is 407 g/mol. The first-order valence-electron chi connectivity index (χ1n) is 9.79. The second kappa shape index (κ2) is 8.69. The maximum Gasteiger partial charge on any atom is 0.433 e. The molecule has 0 bridgehead atoms. The van der Waals surface area contributed by atoms with Crippen LogP contribution in [0.5, 0.6) is 0 Å². The summed E-state index contributed by atoms with van der Waals surface area (Å²) in [5, 5.41) is 6.20. The number of hydrogen-bond acceptors (Lipinski definition) is 3. The van der Waals surface area contributed by atoms with Crippen LogP contribution in [0.4, 0.5) is 27.6 Å². The van der Waals surface area contributed by atoms with Gasteiger partial charge in [0.2, 0.25) is 0 Å². The van der Waals surface area contributed by atoms with E-state index in [4.69, 9.17) is 0 Å². The summed E-state index contributed by atoms with van der Waals surface area (Å²) in [6.07, 6.45) is -2.84. The van der Waals surface area contributed by atoms with Crippen LogP contribution >= 0.6 is 0 Å². The molecule has 1 aliphatic carbocycles. The molecule has 2 aromatic rings. The highest BCUT2D eigenvalue weighted by atomic mass is 19.4. The van der Waals surface area contributed by atoms with Gasteiger partial charge in [-0.2, -0.15) is 18.3 Å². The summed E-state index contributed by atoms with van der Waals surface area (Å²) in [6.45, 7) is 4.31. The molecule has 1 saturated carbocycles. The molecule has 2 aromatic heterocycles. The summed E-state index contributed by atoms with van der Waals surface area (Å²) in [4.78, 5) is 15.6. The van der Waals surface area contributed by atoms with Crippen molar-refractivity contribution < 1.29 is 26.7 Å². The molecule has 1 amide bonds. The lowest BCUT2D eigenvalue weighted by Gasteiger charge is -2.30. The Bertz CT molecular complexity index is 886. The first-order chi connectivity index (χ1) is 14.1. The second-order valence-corrected chi connectivity index (χ2v) is 7.88. The first-order valence-corrected chi connectivity index (χ1v) is 9.79. The molecule has 2 heterocycles. The fourth-order valence-electron chi connectivity index (χ4n) is 3.79. The summed E-state index contributed by atoms with van der Waals surface area (Å²) in [5.41, 5.74) is -2.58. The lowest BCUT2D eigenvalue weighted by molar-refractivity contribution is -0.141. The first kappa shape index (κ1) is 22.2. The molecule has 0 unspecified atom stereocenters. The average Bonchev–Trinajstić information content (AvgIpc) is 3.11. The van der Waals surface area contributed by atoms with Gasteiger partial charge in [-0.15, -0.1) is 0 Å². The van der Waals surface area contributed by atoms with Crippen molar-refractivity contribution in [1.29, 1.82) is 0 Å². The van der Waals surface area contributed by atoms with Crippen molar-refractivity contribution in [3.8, 4) is 0 Å². The topological polar surface area (TPSA) is 59.8 Å². The fourth-order valence-corrected chi connectivity index (χ4v) is 3.79. The summed E-state index contributed by atoms with van der Waals surface area (Å²) < 4.78 is 66.8. The smallest absolute Gasteiger partial charge is 0.318 e. The van der Waals surface area contributed by atoms with Crippen LogP contribution in [0.1, 0.15) is 73.9 Å². The third kappa shape index (κ3) is 4.96. The van der Waals surface area contributed by atoms with Crippen LogP contribution in [0.25, 0.3) is 0 Å². The molecule has 0 atom stereocenters. The number of amides is 1. The second-order valence-electron chi connectivity index (χ2n) is 7.88. The standard InChI is InChI=1S/C20H23F5N4O/c1-11(2)12-6-8-13(9-7-12)29-10-15(17(28-29)18(21)22)27-19(30)14-4-3-5-16(26-14)20(23,24)25/h3-5,10-13,18H,6-9H2,1-2H3,(H,27,30)/t12-,13+. The normalized spacial score (nSPS) is 20.0. The minimum Gasteiger partial charge on any atom is -0.318 e. The van der Waals surface area contributed by atoms with E-state index in [0.717, 1.165) is 43.9 Å². The van der Waals surface area contributed by atoms with Crippen molar-refractivity contribution in [2.24, 2.45) is 11.8 Å². The Morgan fingerprint density at radius 2 is 1.83 bits per heavy atom. The van der Waals surface area contributed by atoms with Gasteiger partial charge in [-0.05, 0) is 49.7 Å². The van der Waals surface area contributed by atoms with Gasteiger partial charge < -0.3 is 5.32 Å². The number of rotatable bonds is 5. The van der Waals surface area contributed by atoms with E-state index < -0.39 is 35.6 Å². The lowest BCUT2D eigenvalue weighted by Crippen LogP contribution is -2.21. The average molecular weight is 430 g/mol. The van der Waals surface area contributed by atoms with E-state index in [0.29, 0.717) is 11.8 Å². The highest BCUT2D eigenvalue weighted by Crippen LogP contribution is 2.37. The maximum atomic E-state index is 13.5. The summed E-state index contributed by atoms with van der Waals surface area (Å²) >= 11 is 0. The highest BCUT2D eigenvalue weighted by Gasteiger charge is 2.33. The number of nitrogens with one attached hydrogen (secondary N) is 1. The van der Waals surface area contributed by atoms with Crippen LogP contribution in [0.15, 0.2) is 24.4 Å². The minimum atomic E-state index is -4.72. The zero-order valence-corrected chi connectivity index (χ0v) is 16.6. The predicted octanol–water partition coefficient (Wildman–Crippen LogP) is 5.87. The molecular formula is C20H23F5N4O. The van der Waals surface area contributed by atoms with E-state index in [1.807, 2.05) is 0 Å². The van der Waals surface area contributed by atoms with E-state index in [2.05, 4.69) is 29.2 Å². The van der Waals surface area contributed by atoms with E-state index in [-0.39, 0.29) is 11.7 Å². The lowest BCUT2D eigenvalue weighted by atomic mass is 9.80. The van der Waals surface area contributed by atoms with Crippen molar-refractivity contribution in [3.05, 3.63) is 41.5 Å². The summed E-state index contributed by atoms with van der Waals surface area (Å²) in [6, 6.07) is 2.79. The van der Waals surface area contributed by atoms with Gasteiger partial charge in [0.1, 0.15) is 11.4 Å². The fraction of sp³-hybridized carbons (Fsp3) is 0.550. The van der Waals surface area contributed by atoms with Crippen LogP contribution in [-0.4, -0.2) is 20.7 Å². The molecule has 0 aromatic carbocycles. The molecule has 0 spiro atoms. The number of aromatic nitrogens is 3. The number of carbonyl (C=O) groups excluding carboxylic acids is 1. The Morgan fingerprint density at radius 3 is 2.40 bits per heavy atom. The molecule has 164 valence electrons. The number of carbonyl (C=O) groups is 1. The van der Waals surface area contributed by atoms with Gasteiger partial charge in [-0.1, -0.05) is 19.9 Å². The highest BCUT2D eigenvalue weighted by molar-refractivity contribution is 6.03. The largest absolute Gasteiger partial charge is 0.433 e. The van der Waals surface area contributed by atoms with Crippen molar-refractivity contribution in [3.63, 3.8) is 0 Å². The molecule has 1 aliphatic rings. The van der Waals surface area contributed by atoms with Gasteiger partial charge in [-0.3, -0.25) is 9.48 Å². The predicted molar refractivity (Wildman–Crippen MR) is 100 cm³/mol. The van der Waals surface area contributed by atoms with Gasteiger partial charge in [0.05, 0.1) is 11.7 Å². The van der Waals surface area contributed by atoms with Crippen LogP contribution in [0.2, 0.25) is 0 Å². The molecule has 5 nitrogen and oxygen atoms in total. The number of alkyl halides is 5. The van der Waals surface area contributed by atoms with Gasteiger partial charge in [-0.25, -0.2) is 13.8 Å². The van der Waals surface area contributed by atoms with E-state index >= 15 is 0 Å². The Hall–Kier alpha value is -2.52. The van der Waals surface area contributed by atoms with Crippen molar-refractivity contribution in [1.82, 2.24) is 14.8 Å². The van der Waals surface area contributed by atoms with Crippen LogP contribution < -0.4 is 5.32 Å². The number of pyridine rings is 1. The summed E-state index contributed by atoms with van der Waals surface area (Å²) in [7, 11) is 0. The quantitative estimate of drug-likeness (QED) is 0.603.